The molecule has 5 rings (SSSR count). The van der Waals surface area contributed by atoms with Crippen molar-refractivity contribution in [3.8, 4) is 0 Å². The zero-order chi connectivity index (χ0) is 30.3. The van der Waals surface area contributed by atoms with Crippen LogP contribution in [-0.4, -0.2) is 5.97 Å². The molecule has 0 N–H and O–H groups in total. The Bertz CT molecular complexity index is 1750. The Morgan fingerprint density at radius 3 is 1.91 bits per heavy atom. The molecule has 0 aliphatic rings. The largest absolute Gasteiger partial charge is 0.457 e. The van der Waals surface area contributed by atoms with E-state index >= 15 is 0 Å². The van der Waals surface area contributed by atoms with Gasteiger partial charge in [0.15, 0.2) is 0 Å². The molecule has 0 spiro atoms. The normalized spacial score (nSPS) is 11.2. The van der Waals surface area contributed by atoms with Gasteiger partial charge in [0.2, 0.25) is 0 Å². The van der Waals surface area contributed by atoms with E-state index in [1.54, 1.807) is 6.92 Å². The van der Waals surface area contributed by atoms with Crippen molar-refractivity contribution in [2.45, 2.75) is 34.3 Å². The first-order chi connectivity index (χ1) is 20.8. The summed E-state index contributed by atoms with van der Waals surface area (Å²) < 4.78 is 5.35. The first-order valence-corrected chi connectivity index (χ1v) is 14.5. The maximum absolute atomic E-state index is 11.9. The minimum Gasteiger partial charge on any atom is -0.457 e. The quantitative estimate of drug-likeness (QED) is 0.101. The molecule has 5 aromatic carbocycles. The fourth-order valence-corrected chi connectivity index (χ4v) is 5.07. The van der Waals surface area contributed by atoms with Gasteiger partial charge in [-0.2, -0.15) is 0 Å². The van der Waals surface area contributed by atoms with Gasteiger partial charge in [-0.25, -0.2) is 4.79 Å². The fourth-order valence-electron chi connectivity index (χ4n) is 5.07. The molecular weight excluding hydrogens is 526 g/mol. The van der Waals surface area contributed by atoms with Crippen molar-refractivity contribution in [2.75, 3.05) is 4.90 Å². The van der Waals surface area contributed by atoms with E-state index in [0.717, 1.165) is 28.2 Å². The molecule has 0 bridgehead atoms. The molecule has 5 aromatic rings. The summed E-state index contributed by atoms with van der Waals surface area (Å²) in [6, 6.07) is 42.6. The van der Waals surface area contributed by atoms with E-state index in [9.17, 15) is 4.79 Å². The monoisotopic (exact) mass is 563 g/mol. The molecule has 0 amide bonds. The summed E-state index contributed by atoms with van der Waals surface area (Å²) >= 11 is 0. The fraction of sp³-hybridized carbons (Fsp3) is 0.125. The molecule has 0 unspecified atom stereocenters. The van der Waals surface area contributed by atoms with Gasteiger partial charge < -0.3 is 9.64 Å². The second kappa shape index (κ2) is 13.2. The third kappa shape index (κ3) is 7.20. The predicted molar refractivity (Wildman–Crippen MR) is 180 cm³/mol. The van der Waals surface area contributed by atoms with Crippen LogP contribution in [0.1, 0.15) is 45.9 Å². The van der Waals surface area contributed by atoms with Crippen LogP contribution in [0.25, 0.3) is 11.6 Å². The average Bonchev–Trinajstić information content (AvgIpc) is 3.02. The van der Waals surface area contributed by atoms with Crippen LogP contribution in [0.4, 0.5) is 17.1 Å². The predicted octanol–water partition coefficient (Wildman–Crippen LogP) is 10.3. The molecule has 0 fully saturated rings. The molecule has 0 saturated carbocycles. The molecule has 0 atom stereocenters. The van der Waals surface area contributed by atoms with Gasteiger partial charge in [0.1, 0.15) is 6.61 Å². The Hall–Kier alpha value is -5.15. The van der Waals surface area contributed by atoms with Crippen molar-refractivity contribution in [1.82, 2.24) is 0 Å². The summed E-state index contributed by atoms with van der Waals surface area (Å²) in [6.07, 6.45) is 2.26. The van der Waals surface area contributed by atoms with Crippen LogP contribution in [0.5, 0.6) is 0 Å². The number of hydrogen-bond donors (Lipinski definition) is 0. The van der Waals surface area contributed by atoms with Gasteiger partial charge in [-0.3, -0.25) is 0 Å². The first-order valence-electron chi connectivity index (χ1n) is 14.5. The number of carbonyl (C=O) groups excluding carboxylic acids is 1. The summed E-state index contributed by atoms with van der Waals surface area (Å²) in [7, 11) is 0. The number of hydrogen-bond acceptors (Lipinski definition) is 3. The number of aryl methyl sites for hydroxylation is 3. The van der Waals surface area contributed by atoms with Crippen LogP contribution in [0, 0.1) is 20.8 Å². The molecule has 0 radical (unpaired) electrons. The number of ether oxygens (including phenoxy) is 1. The third-order valence-corrected chi connectivity index (χ3v) is 7.42. The lowest BCUT2D eigenvalue weighted by Gasteiger charge is -2.27. The third-order valence-electron chi connectivity index (χ3n) is 7.42. The Morgan fingerprint density at radius 1 is 0.721 bits per heavy atom. The summed E-state index contributed by atoms with van der Waals surface area (Å²) in [6.45, 7) is 11.9. The number of carbonyl (C=O) groups is 1. The molecule has 43 heavy (non-hydrogen) atoms. The number of nitrogens with zero attached hydrogens (tertiary/aromatic N) is 1. The van der Waals surface area contributed by atoms with Gasteiger partial charge in [-0.1, -0.05) is 109 Å². The van der Waals surface area contributed by atoms with Gasteiger partial charge in [0.25, 0.3) is 0 Å². The van der Waals surface area contributed by atoms with Crippen molar-refractivity contribution < 1.29 is 9.53 Å². The highest BCUT2D eigenvalue weighted by atomic mass is 16.5. The van der Waals surface area contributed by atoms with Gasteiger partial charge in [-0.15, -0.1) is 0 Å². The van der Waals surface area contributed by atoms with Crippen molar-refractivity contribution in [1.29, 1.82) is 0 Å². The highest BCUT2D eigenvalue weighted by Gasteiger charge is 2.15. The highest BCUT2D eigenvalue weighted by Crippen LogP contribution is 2.37. The van der Waals surface area contributed by atoms with E-state index in [2.05, 4.69) is 141 Å². The number of esters is 1. The molecule has 3 heteroatoms. The molecule has 3 nitrogen and oxygen atoms in total. The lowest BCUT2D eigenvalue weighted by atomic mass is 9.95. The Balaban J connectivity index is 1.50. The summed E-state index contributed by atoms with van der Waals surface area (Å²) in [5.74, 6) is -0.382. The lowest BCUT2D eigenvalue weighted by Crippen LogP contribution is -2.11. The van der Waals surface area contributed by atoms with Crippen LogP contribution in [-0.2, 0) is 16.1 Å². The lowest BCUT2D eigenvalue weighted by molar-refractivity contribution is -0.140. The number of rotatable bonds is 9. The molecular formula is C40H37NO2. The summed E-state index contributed by atoms with van der Waals surface area (Å²) in [4.78, 5) is 14.1. The second-order valence-electron chi connectivity index (χ2n) is 11.0. The SMILES string of the molecule is C=C(C)C(=O)OCc1ccc(N(c2ccc(/C=C(\c3ccccc3)c3ccc(C)cc3)cc2)c2ccc(C)cc2C)cc1. The van der Waals surface area contributed by atoms with E-state index in [1.165, 1.54) is 33.4 Å². The van der Waals surface area contributed by atoms with Crippen LogP contribution in [0.2, 0.25) is 0 Å². The van der Waals surface area contributed by atoms with E-state index in [1.807, 2.05) is 18.2 Å². The highest BCUT2D eigenvalue weighted by molar-refractivity contribution is 5.92. The standard InChI is InChI=1S/C40H37NO2/c1-28(2)40(42)43-27-33-16-22-37(23-17-33)41(39-24-13-30(4)25-31(39)5)36-20-14-32(15-21-36)26-38(34-9-7-6-8-10-34)35-18-11-29(3)12-19-35/h6-26H,1,27H2,2-5H3/b38-26+. The second-order valence-corrected chi connectivity index (χ2v) is 11.0. The Labute approximate surface area is 255 Å². The van der Waals surface area contributed by atoms with Crippen LogP contribution in [0.3, 0.4) is 0 Å². The maximum atomic E-state index is 11.9. The van der Waals surface area contributed by atoms with Crippen LogP contribution < -0.4 is 4.90 Å². The molecule has 0 aliphatic heterocycles. The smallest absolute Gasteiger partial charge is 0.333 e. The van der Waals surface area contributed by atoms with Crippen molar-refractivity contribution >= 4 is 34.7 Å². The maximum Gasteiger partial charge on any atom is 0.333 e. The number of benzene rings is 5. The Morgan fingerprint density at radius 2 is 1.30 bits per heavy atom. The van der Waals surface area contributed by atoms with Gasteiger partial charge >= 0.3 is 5.97 Å². The van der Waals surface area contributed by atoms with Gasteiger partial charge in [0, 0.05) is 22.6 Å². The summed E-state index contributed by atoms with van der Waals surface area (Å²) in [5.41, 5.74) is 12.8. The minimum absolute atomic E-state index is 0.210. The van der Waals surface area contributed by atoms with Gasteiger partial charge in [0.05, 0.1) is 0 Å². The van der Waals surface area contributed by atoms with E-state index in [-0.39, 0.29) is 12.6 Å². The van der Waals surface area contributed by atoms with Gasteiger partial charge in [-0.05, 0) is 97.5 Å². The van der Waals surface area contributed by atoms with Crippen molar-refractivity contribution in [3.05, 3.63) is 172 Å². The topological polar surface area (TPSA) is 29.5 Å². The molecule has 0 saturated heterocycles. The van der Waals surface area contributed by atoms with E-state index < -0.39 is 0 Å². The molecule has 0 heterocycles. The summed E-state index contributed by atoms with van der Waals surface area (Å²) in [5, 5.41) is 0. The van der Waals surface area contributed by atoms with E-state index in [0.29, 0.717) is 5.57 Å². The van der Waals surface area contributed by atoms with Crippen molar-refractivity contribution in [3.63, 3.8) is 0 Å². The molecule has 0 aromatic heterocycles. The van der Waals surface area contributed by atoms with E-state index in [4.69, 9.17) is 4.74 Å². The van der Waals surface area contributed by atoms with Crippen LogP contribution in [0.15, 0.2) is 133 Å². The zero-order valence-corrected chi connectivity index (χ0v) is 25.3. The number of anilines is 3. The molecule has 0 aliphatic carbocycles. The minimum atomic E-state index is -0.382. The van der Waals surface area contributed by atoms with Crippen molar-refractivity contribution in [2.24, 2.45) is 0 Å². The zero-order valence-electron chi connectivity index (χ0n) is 25.3. The first kappa shape index (κ1) is 29.3. The van der Waals surface area contributed by atoms with Crippen LogP contribution >= 0.6 is 0 Å². The average molecular weight is 564 g/mol. The molecule has 214 valence electrons. The Kier molecular flexibility index (Phi) is 9.02.